The van der Waals surface area contributed by atoms with Crippen molar-refractivity contribution in [2.45, 2.75) is 11.7 Å². The van der Waals surface area contributed by atoms with Gasteiger partial charge >= 0.3 is 0 Å². The van der Waals surface area contributed by atoms with E-state index in [0.29, 0.717) is 5.75 Å². The topological polar surface area (TPSA) is 17.1 Å². The van der Waals surface area contributed by atoms with Crippen LogP contribution in [0.25, 0.3) is 0 Å². The molecule has 1 aliphatic rings. The van der Waals surface area contributed by atoms with Crippen LogP contribution in [0.2, 0.25) is 0 Å². The Labute approximate surface area is 80.9 Å². The Morgan fingerprint density at radius 3 is 2.62 bits per heavy atom. The van der Waals surface area contributed by atoms with Crippen LogP contribution < -0.4 is 0 Å². The van der Waals surface area contributed by atoms with Gasteiger partial charge in [-0.2, -0.15) is 0 Å². The van der Waals surface area contributed by atoms with E-state index in [1.54, 1.807) is 0 Å². The summed E-state index contributed by atoms with van der Waals surface area (Å²) in [6.07, 6.45) is 5.05. The zero-order valence-electron chi connectivity index (χ0n) is 7.35. The van der Waals surface area contributed by atoms with Crippen LogP contribution in [-0.2, 0) is 10.8 Å². The molecular weight excluding hydrogens is 180 g/mol. The van der Waals surface area contributed by atoms with Gasteiger partial charge in [0.25, 0.3) is 0 Å². The molecule has 1 nitrogen and oxygen atoms in total. The molecule has 2 rings (SSSR count). The second kappa shape index (κ2) is 3.88. The van der Waals surface area contributed by atoms with E-state index in [-0.39, 0.29) is 5.25 Å². The van der Waals surface area contributed by atoms with Crippen LogP contribution in [-0.4, -0.2) is 9.96 Å². The Hall–Kier alpha value is -0.890. The van der Waals surface area contributed by atoms with Gasteiger partial charge in [0.05, 0.1) is 5.25 Å². The Balaban J connectivity index is 2.26. The van der Waals surface area contributed by atoms with Crippen LogP contribution >= 0.6 is 0 Å². The van der Waals surface area contributed by atoms with Crippen molar-refractivity contribution in [2.75, 3.05) is 5.75 Å². The average molecular weight is 192 g/mol. The van der Waals surface area contributed by atoms with Gasteiger partial charge in [-0.15, -0.1) is 0 Å². The molecule has 13 heavy (non-hydrogen) atoms. The number of hydrogen-bond donors (Lipinski definition) is 0. The van der Waals surface area contributed by atoms with Gasteiger partial charge in [0.2, 0.25) is 0 Å². The van der Waals surface area contributed by atoms with Crippen molar-refractivity contribution in [3.63, 3.8) is 0 Å². The number of rotatable bonds is 1. The molecule has 2 unspecified atom stereocenters. The predicted molar refractivity (Wildman–Crippen MR) is 55.9 cm³/mol. The fraction of sp³-hybridized carbons (Fsp3) is 0.273. The summed E-state index contributed by atoms with van der Waals surface area (Å²) in [5.74, 6) is 0.708. The largest absolute Gasteiger partial charge is 0.259 e. The molecule has 1 heterocycles. The predicted octanol–water partition coefficient (Wildman–Crippen LogP) is 2.44. The van der Waals surface area contributed by atoms with E-state index in [4.69, 9.17) is 0 Å². The van der Waals surface area contributed by atoms with Crippen LogP contribution in [0, 0.1) is 0 Å². The van der Waals surface area contributed by atoms with Crippen molar-refractivity contribution in [3.8, 4) is 0 Å². The third-order valence-corrected chi connectivity index (χ3v) is 3.89. The maximum absolute atomic E-state index is 11.7. The van der Waals surface area contributed by atoms with E-state index in [2.05, 4.69) is 18.2 Å². The molecule has 0 N–H and O–H groups in total. The summed E-state index contributed by atoms with van der Waals surface area (Å²) < 4.78 is 11.7. The highest BCUT2D eigenvalue weighted by Gasteiger charge is 2.18. The normalized spacial score (nSPS) is 27.4. The molecule has 1 aromatic carbocycles. The highest BCUT2D eigenvalue weighted by atomic mass is 32.2. The number of allylic oxidation sites excluding steroid dienone is 1. The molecule has 0 spiro atoms. The lowest BCUT2D eigenvalue weighted by molar-refractivity contribution is 0.672. The van der Waals surface area contributed by atoms with Gasteiger partial charge < -0.3 is 0 Å². The molecule has 1 aromatic rings. The van der Waals surface area contributed by atoms with Gasteiger partial charge in [0, 0.05) is 16.6 Å². The van der Waals surface area contributed by atoms with Gasteiger partial charge in [-0.1, -0.05) is 42.5 Å². The SMILES string of the molecule is O=S1CC=CCC1c1ccccc1. The van der Waals surface area contributed by atoms with Crippen molar-refractivity contribution in [1.29, 1.82) is 0 Å². The Morgan fingerprint density at radius 2 is 1.92 bits per heavy atom. The average Bonchev–Trinajstić information content (AvgIpc) is 2.20. The van der Waals surface area contributed by atoms with Crippen molar-refractivity contribution in [3.05, 3.63) is 48.0 Å². The van der Waals surface area contributed by atoms with Gasteiger partial charge in [0.1, 0.15) is 0 Å². The van der Waals surface area contributed by atoms with E-state index in [1.807, 2.05) is 24.3 Å². The van der Waals surface area contributed by atoms with Gasteiger partial charge in [-0.05, 0) is 12.0 Å². The first-order valence-electron chi connectivity index (χ1n) is 4.45. The molecule has 0 radical (unpaired) electrons. The van der Waals surface area contributed by atoms with E-state index in [0.717, 1.165) is 6.42 Å². The molecule has 0 fully saturated rings. The molecule has 1 aliphatic heterocycles. The molecule has 2 atom stereocenters. The van der Waals surface area contributed by atoms with Crippen molar-refractivity contribution in [1.82, 2.24) is 0 Å². The summed E-state index contributed by atoms with van der Waals surface area (Å²) in [4.78, 5) is 0. The van der Waals surface area contributed by atoms with E-state index in [1.165, 1.54) is 5.56 Å². The molecule has 0 aliphatic carbocycles. The minimum atomic E-state index is -0.716. The first-order valence-corrected chi connectivity index (χ1v) is 5.83. The molecular formula is C11H12OS. The fourth-order valence-corrected chi connectivity index (χ4v) is 2.91. The third kappa shape index (κ3) is 1.89. The maximum Gasteiger partial charge on any atom is 0.0634 e. The number of hydrogen-bond acceptors (Lipinski definition) is 1. The monoisotopic (exact) mass is 192 g/mol. The highest BCUT2D eigenvalue weighted by molar-refractivity contribution is 7.85. The maximum atomic E-state index is 11.7. The molecule has 0 aromatic heterocycles. The van der Waals surface area contributed by atoms with Gasteiger partial charge in [-0.3, -0.25) is 4.21 Å². The lowest BCUT2D eigenvalue weighted by atomic mass is 10.1. The van der Waals surface area contributed by atoms with Crippen LogP contribution in [0.4, 0.5) is 0 Å². The zero-order valence-corrected chi connectivity index (χ0v) is 8.17. The highest BCUT2D eigenvalue weighted by Crippen LogP contribution is 2.26. The van der Waals surface area contributed by atoms with Crippen LogP contribution in [0.1, 0.15) is 17.2 Å². The first-order chi connectivity index (χ1) is 6.38. The number of benzene rings is 1. The quantitative estimate of drug-likeness (QED) is 0.625. The second-order valence-electron chi connectivity index (χ2n) is 3.15. The van der Waals surface area contributed by atoms with Gasteiger partial charge in [-0.25, -0.2) is 0 Å². The third-order valence-electron chi connectivity index (χ3n) is 2.27. The smallest absolute Gasteiger partial charge is 0.0634 e. The van der Waals surface area contributed by atoms with E-state index < -0.39 is 10.8 Å². The molecule has 2 heteroatoms. The van der Waals surface area contributed by atoms with Crippen LogP contribution in [0.15, 0.2) is 42.5 Å². The molecule has 0 saturated heterocycles. The Morgan fingerprint density at radius 1 is 1.15 bits per heavy atom. The summed E-state index contributed by atoms with van der Waals surface area (Å²) in [7, 11) is -0.716. The minimum absolute atomic E-state index is 0.214. The standard InChI is InChI=1S/C11H12OS/c12-13-9-5-4-8-11(13)10-6-2-1-3-7-10/h1-7,11H,8-9H2. The zero-order chi connectivity index (χ0) is 9.10. The molecule has 0 saturated carbocycles. The van der Waals surface area contributed by atoms with Crippen molar-refractivity contribution in [2.24, 2.45) is 0 Å². The Kier molecular flexibility index (Phi) is 2.60. The molecule has 68 valence electrons. The van der Waals surface area contributed by atoms with Crippen LogP contribution in [0.3, 0.4) is 0 Å². The molecule has 0 amide bonds. The van der Waals surface area contributed by atoms with Crippen LogP contribution in [0.5, 0.6) is 0 Å². The summed E-state index contributed by atoms with van der Waals surface area (Å²) in [5, 5.41) is 0.214. The summed E-state index contributed by atoms with van der Waals surface area (Å²) in [6.45, 7) is 0. The lowest BCUT2D eigenvalue weighted by Crippen LogP contribution is -2.11. The minimum Gasteiger partial charge on any atom is -0.259 e. The van der Waals surface area contributed by atoms with Crippen molar-refractivity contribution >= 4 is 10.8 Å². The first kappa shape index (κ1) is 8.70. The summed E-state index contributed by atoms with van der Waals surface area (Å²) >= 11 is 0. The summed E-state index contributed by atoms with van der Waals surface area (Å²) in [6, 6.07) is 10.1. The molecule has 0 bridgehead atoms. The summed E-state index contributed by atoms with van der Waals surface area (Å²) in [5.41, 5.74) is 1.20. The Bertz CT molecular complexity index is 329. The van der Waals surface area contributed by atoms with E-state index in [9.17, 15) is 4.21 Å². The van der Waals surface area contributed by atoms with Gasteiger partial charge in [0.15, 0.2) is 0 Å². The fourth-order valence-electron chi connectivity index (χ4n) is 1.56. The lowest BCUT2D eigenvalue weighted by Gasteiger charge is -2.17. The van der Waals surface area contributed by atoms with E-state index >= 15 is 0 Å². The second-order valence-corrected chi connectivity index (χ2v) is 4.82. The van der Waals surface area contributed by atoms with Crippen molar-refractivity contribution < 1.29 is 4.21 Å².